The number of benzene rings is 2. The molecular formula is C24H22N2O3S. The normalized spacial score (nSPS) is 11.0. The number of carboxylic acids is 1. The van der Waals surface area contributed by atoms with Crippen LogP contribution >= 0.6 is 11.3 Å². The summed E-state index contributed by atoms with van der Waals surface area (Å²) in [5, 5.41) is 19.2. The smallest absolute Gasteiger partial charge is 0.328 e. The Balaban J connectivity index is 1.99. The molecule has 6 heteroatoms. The number of aliphatic carboxylic acids is 1. The number of carbonyl (C=O) groups is 1. The van der Waals surface area contributed by atoms with Crippen LogP contribution in [0.4, 0.5) is 0 Å². The van der Waals surface area contributed by atoms with E-state index < -0.39 is 5.97 Å². The second-order valence-electron chi connectivity index (χ2n) is 6.92. The van der Waals surface area contributed by atoms with Gasteiger partial charge in [0.25, 0.3) is 0 Å². The molecule has 5 nitrogen and oxygen atoms in total. The van der Waals surface area contributed by atoms with Crippen molar-refractivity contribution >= 4 is 23.4 Å². The summed E-state index contributed by atoms with van der Waals surface area (Å²) in [6.45, 7) is 5.89. The van der Waals surface area contributed by atoms with Crippen molar-refractivity contribution < 1.29 is 14.6 Å². The highest BCUT2D eigenvalue weighted by molar-refractivity contribution is 7.18. The highest BCUT2D eigenvalue weighted by atomic mass is 32.1. The Bertz CT molecular complexity index is 1140. The number of ether oxygens (including phenoxy) is 1. The van der Waals surface area contributed by atoms with Gasteiger partial charge in [-0.2, -0.15) is 5.26 Å². The number of carboxylic acid groups (broad SMARTS) is 1. The lowest BCUT2D eigenvalue weighted by atomic mass is 9.97. The number of hydrogen-bond acceptors (Lipinski definition) is 5. The monoisotopic (exact) mass is 418 g/mol. The first-order valence-corrected chi connectivity index (χ1v) is 10.4. The molecule has 0 saturated carbocycles. The van der Waals surface area contributed by atoms with E-state index in [9.17, 15) is 10.1 Å². The number of nitrogens with zero attached hydrogens (tertiary/aromatic N) is 2. The van der Waals surface area contributed by atoms with E-state index in [-0.39, 0.29) is 6.10 Å². The molecule has 0 aliphatic carbocycles. The van der Waals surface area contributed by atoms with E-state index in [4.69, 9.17) is 9.84 Å². The summed E-state index contributed by atoms with van der Waals surface area (Å²) >= 11 is 1.54. The number of nitriles is 1. The summed E-state index contributed by atoms with van der Waals surface area (Å²) < 4.78 is 5.70. The SMILES string of the molecule is CCc1c(/C=C/C(=O)O)cccc1-c1cnc(-c2ccc(OC(C)C)c(C#N)c2)s1. The average Bonchev–Trinajstić information content (AvgIpc) is 3.21. The fourth-order valence-electron chi connectivity index (χ4n) is 3.19. The molecule has 0 unspecified atom stereocenters. The third kappa shape index (κ3) is 4.76. The van der Waals surface area contributed by atoms with Crippen LogP contribution in [0.1, 0.15) is 37.5 Å². The van der Waals surface area contributed by atoms with Crippen LogP contribution in [0.2, 0.25) is 0 Å². The maximum Gasteiger partial charge on any atom is 0.328 e. The van der Waals surface area contributed by atoms with Crippen LogP contribution < -0.4 is 4.74 Å². The van der Waals surface area contributed by atoms with Gasteiger partial charge in [0.05, 0.1) is 16.5 Å². The molecule has 0 spiro atoms. The minimum Gasteiger partial charge on any atom is -0.490 e. The van der Waals surface area contributed by atoms with Gasteiger partial charge < -0.3 is 9.84 Å². The topological polar surface area (TPSA) is 83.2 Å². The molecule has 0 atom stereocenters. The van der Waals surface area contributed by atoms with Crippen LogP contribution in [-0.2, 0) is 11.2 Å². The summed E-state index contributed by atoms with van der Waals surface area (Å²) in [4.78, 5) is 16.5. The molecule has 3 aromatic rings. The van der Waals surface area contributed by atoms with Gasteiger partial charge >= 0.3 is 5.97 Å². The zero-order valence-corrected chi connectivity index (χ0v) is 17.9. The summed E-state index contributed by atoms with van der Waals surface area (Å²) in [6.07, 6.45) is 5.36. The molecule has 0 amide bonds. The van der Waals surface area contributed by atoms with Crippen LogP contribution in [0.15, 0.2) is 48.7 Å². The van der Waals surface area contributed by atoms with Crippen LogP contribution in [0, 0.1) is 11.3 Å². The Labute approximate surface area is 179 Å². The molecule has 2 aromatic carbocycles. The molecule has 0 radical (unpaired) electrons. The Morgan fingerprint density at radius 3 is 2.80 bits per heavy atom. The first-order valence-electron chi connectivity index (χ1n) is 9.63. The van der Waals surface area contributed by atoms with Gasteiger partial charge in [0.1, 0.15) is 16.8 Å². The van der Waals surface area contributed by atoms with Crippen molar-refractivity contribution in [2.45, 2.75) is 33.3 Å². The number of aromatic nitrogens is 1. The van der Waals surface area contributed by atoms with Gasteiger partial charge in [-0.1, -0.05) is 25.1 Å². The minimum absolute atomic E-state index is 0.00988. The number of rotatable bonds is 7. The van der Waals surface area contributed by atoms with E-state index in [0.717, 1.165) is 44.6 Å². The van der Waals surface area contributed by atoms with Crippen molar-refractivity contribution in [2.24, 2.45) is 0 Å². The second-order valence-corrected chi connectivity index (χ2v) is 7.95. The van der Waals surface area contributed by atoms with Crippen LogP contribution in [0.25, 0.3) is 27.1 Å². The summed E-state index contributed by atoms with van der Waals surface area (Å²) in [5.74, 6) is -0.403. The van der Waals surface area contributed by atoms with Crippen LogP contribution in [-0.4, -0.2) is 22.2 Å². The Morgan fingerprint density at radius 1 is 1.33 bits per heavy atom. The summed E-state index contributed by atoms with van der Waals surface area (Å²) in [6, 6.07) is 13.6. The maximum atomic E-state index is 10.9. The van der Waals surface area contributed by atoms with Crippen molar-refractivity contribution in [1.82, 2.24) is 4.98 Å². The molecule has 30 heavy (non-hydrogen) atoms. The third-order valence-electron chi connectivity index (χ3n) is 4.45. The fourth-order valence-corrected chi connectivity index (χ4v) is 4.15. The van der Waals surface area contributed by atoms with Crippen molar-refractivity contribution in [1.29, 1.82) is 5.26 Å². The molecule has 0 aliphatic heterocycles. The largest absolute Gasteiger partial charge is 0.490 e. The van der Waals surface area contributed by atoms with E-state index in [1.54, 1.807) is 12.1 Å². The molecule has 0 saturated heterocycles. The zero-order valence-electron chi connectivity index (χ0n) is 17.0. The predicted molar refractivity (Wildman–Crippen MR) is 120 cm³/mol. The highest BCUT2D eigenvalue weighted by Gasteiger charge is 2.14. The van der Waals surface area contributed by atoms with Crippen LogP contribution in [0.5, 0.6) is 5.75 Å². The Morgan fingerprint density at radius 2 is 2.13 bits per heavy atom. The second kappa shape index (κ2) is 9.38. The first kappa shape index (κ1) is 21.3. The summed E-state index contributed by atoms with van der Waals surface area (Å²) in [5.41, 5.74) is 4.33. The Kier molecular flexibility index (Phi) is 6.65. The van der Waals surface area contributed by atoms with Gasteiger partial charge in [0, 0.05) is 17.8 Å². The first-order chi connectivity index (χ1) is 14.4. The van der Waals surface area contributed by atoms with Gasteiger partial charge in [-0.3, -0.25) is 0 Å². The molecule has 0 aliphatic rings. The van der Waals surface area contributed by atoms with Gasteiger partial charge in [0.15, 0.2) is 0 Å². The van der Waals surface area contributed by atoms with Crippen molar-refractivity contribution in [3.8, 4) is 32.8 Å². The third-order valence-corrected chi connectivity index (χ3v) is 5.53. The molecule has 3 rings (SSSR count). The van der Waals surface area contributed by atoms with Gasteiger partial charge in [-0.25, -0.2) is 9.78 Å². The minimum atomic E-state index is -0.972. The van der Waals surface area contributed by atoms with Crippen molar-refractivity contribution in [3.63, 3.8) is 0 Å². The van der Waals surface area contributed by atoms with E-state index in [1.807, 2.05) is 57.3 Å². The Hall–Kier alpha value is -3.43. The van der Waals surface area contributed by atoms with E-state index >= 15 is 0 Å². The molecule has 0 bridgehead atoms. The quantitative estimate of drug-likeness (QED) is 0.491. The molecular weight excluding hydrogens is 396 g/mol. The molecule has 0 fully saturated rings. The van der Waals surface area contributed by atoms with E-state index in [1.165, 1.54) is 11.3 Å². The van der Waals surface area contributed by atoms with Gasteiger partial charge in [-0.15, -0.1) is 11.3 Å². The van der Waals surface area contributed by atoms with E-state index in [0.29, 0.717) is 11.3 Å². The number of hydrogen-bond donors (Lipinski definition) is 1. The van der Waals surface area contributed by atoms with Gasteiger partial charge in [-0.05, 0) is 61.2 Å². The molecule has 1 heterocycles. The highest BCUT2D eigenvalue weighted by Crippen LogP contribution is 2.36. The molecule has 1 N–H and O–H groups in total. The fraction of sp³-hybridized carbons (Fsp3) is 0.208. The van der Waals surface area contributed by atoms with E-state index in [2.05, 4.69) is 11.1 Å². The van der Waals surface area contributed by atoms with Crippen molar-refractivity contribution in [3.05, 3.63) is 65.4 Å². The predicted octanol–water partition coefficient (Wildman–Crippen LogP) is 5.80. The van der Waals surface area contributed by atoms with Crippen LogP contribution in [0.3, 0.4) is 0 Å². The maximum absolute atomic E-state index is 10.9. The lowest BCUT2D eigenvalue weighted by Crippen LogP contribution is -2.06. The standard InChI is InChI=1S/C24H22N2O3S/c1-4-19-16(9-11-23(27)28)6-5-7-20(19)22-14-26-24(30-22)17-8-10-21(29-15(2)3)18(12-17)13-25/h5-12,14-15H,4H2,1-3H3,(H,27,28)/b11-9+. The zero-order chi connectivity index (χ0) is 21.7. The number of thiazole rings is 1. The lowest BCUT2D eigenvalue weighted by molar-refractivity contribution is -0.131. The summed E-state index contributed by atoms with van der Waals surface area (Å²) in [7, 11) is 0. The van der Waals surface area contributed by atoms with Crippen molar-refractivity contribution in [2.75, 3.05) is 0 Å². The lowest BCUT2D eigenvalue weighted by Gasteiger charge is -2.11. The molecule has 1 aromatic heterocycles. The molecule has 152 valence electrons. The van der Waals surface area contributed by atoms with Gasteiger partial charge in [0.2, 0.25) is 0 Å². The average molecular weight is 419 g/mol.